The Hall–Kier alpha value is -1.42. The molecule has 0 unspecified atom stereocenters. The zero-order chi connectivity index (χ0) is 14.6. The standard InChI is InChI=1S/C16H23N3O.HI/c1-4-12-18-16(17-5-2)19-13-11-14-9-7-8-10-15(14)20-6-3;/h1,7-10H,5-6,11-13H2,2-3H3,(H2,17,18,19);1H. The summed E-state index contributed by atoms with van der Waals surface area (Å²) in [6.07, 6.45) is 6.07. The minimum atomic E-state index is 0. The van der Waals surface area contributed by atoms with E-state index in [0.717, 1.165) is 24.7 Å². The number of hydrogen-bond donors (Lipinski definition) is 2. The van der Waals surface area contributed by atoms with Gasteiger partial charge in [0.2, 0.25) is 0 Å². The largest absolute Gasteiger partial charge is 0.494 e. The number of para-hydroxylation sites is 1. The first-order chi connectivity index (χ1) is 9.81. The Morgan fingerprint density at radius 2 is 2.05 bits per heavy atom. The van der Waals surface area contributed by atoms with E-state index >= 15 is 0 Å². The van der Waals surface area contributed by atoms with Crippen LogP contribution in [0.2, 0.25) is 0 Å². The van der Waals surface area contributed by atoms with Crippen molar-refractivity contribution in [3.63, 3.8) is 0 Å². The van der Waals surface area contributed by atoms with Gasteiger partial charge in [-0.2, -0.15) is 0 Å². The number of rotatable bonds is 7. The van der Waals surface area contributed by atoms with Gasteiger partial charge in [0.1, 0.15) is 5.75 Å². The average Bonchev–Trinajstić information content (AvgIpc) is 2.47. The van der Waals surface area contributed by atoms with Gasteiger partial charge in [-0.3, -0.25) is 4.99 Å². The topological polar surface area (TPSA) is 45.7 Å². The van der Waals surface area contributed by atoms with E-state index in [2.05, 4.69) is 27.6 Å². The van der Waals surface area contributed by atoms with E-state index in [1.54, 1.807) is 0 Å². The summed E-state index contributed by atoms with van der Waals surface area (Å²) >= 11 is 0. The minimum absolute atomic E-state index is 0. The molecule has 21 heavy (non-hydrogen) atoms. The lowest BCUT2D eigenvalue weighted by atomic mass is 10.1. The highest BCUT2D eigenvalue weighted by molar-refractivity contribution is 14.0. The lowest BCUT2D eigenvalue weighted by molar-refractivity contribution is 0.336. The zero-order valence-electron chi connectivity index (χ0n) is 12.7. The normalized spacial score (nSPS) is 10.2. The van der Waals surface area contributed by atoms with Gasteiger partial charge in [0.05, 0.1) is 13.2 Å². The second-order valence-electron chi connectivity index (χ2n) is 4.11. The number of terminal acetylenes is 1. The molecule has 4 nitrogen and oxygen atoms in total. The molecule has 0 saturated heterocycles. The summed E-state index contributed by atoms with van der Waals surface area (Å²) < 4.78 is 5.60. The minimum Gasteiger partial charge on any atom is -0.494 e. The van der Waals surface area contributed by atoms with E-state index in [4.69, 9.17) is 11.2 Å². The molecule has 0 amide bonds. The van der Waals surface area contributed by atoms with Gasteiger partial charge >= 0.3 is 0 Å². The van der Waals surface area contributed by atoms with E-state index < -0.39 is 0 Å². The van der Waals surface area contributed by atoms with E-state index in [9.17, 15) is 0 Å². The van der Waals surface area contributed by atoms with Gasteiger partial charge in [0, 0.05) is 13.1 Å². The number of halogens is 1. The fraction of sp³-hybridized carbons (Fsp3) is 0.438. The molecule has 0 aliphatic carbocycles. The molecular formula is C16H24IN3O. The fourth-order valence-corrected chi connectivity index (χ4v) is 1.77. The maximum Gasteiger partial charge on any atom is 0.192 e. The first-order valence-electron chi connectivity index (χ1n) is 6.98. The van der Waals surface area contributed by atoms with E-state index in [-0.39, 0.29) is 24.0 Å². The molecule has 0 atom stereocenters. The Morgan fingerprint density at radius 1 is 1.29 bits per heavy atom. The van der Waals surface area contributed by atoms with Gasteiger partial charge in [-0.05, 0) is 31.9 Å². The second kappa shape index (κ2) is 12.3. The maximum absolute atomic E-state index is 5.60. The molecule has 0 heterocycles. The number of aliphatic imine (C=N–C) groups is 1. The SMILES string of the molecule is C#CCNC(=NCCc1ccccc1OCC)NCC.I. The Bertz CT molecular complexity index is 469. The molecule has 2 N–H and O–H groups in total. The third-order valence-electron chi connectivity index (χ3n) is 2.63. The molecule has 5 heteroatoms. The highest BCUT2D eigenvalue weighted by atomic mass is 127. The van der Waals surface area contributed by atoms with Gasteiger partial charge in [-0.25, -0.2) is 0 Å². The Kier molecular flexibility index (Phi) is 11.5. The lowest BCUT2D eigenvalue weighted by Gasteiger charge is -2.10. The Balaban J connectivity index is 0.00000400. The predicted octanol–water partition coefficient (Wildman–Crippen LogP) is 2.43. The highest BCUT2D eigenvalue weighted by Gasteiger charge is 2.02. The van der Waals surface area contributed by atoms with Crippen LogP contribution in [0.25, 0.3) is 0 Å². The molecule has 0 aliphatic heterocycles. The van der Waals surface area contributed by atoms with Crippen LogP contribution in [-0.4, -0.2) is 32.2 Å². The van der Waals surface area contributed by atoms with Gasteiger partial charge in [0.25, 0.3) is 0 Å². The van der Waals surface area contributed by atoms with Crippen LogP contribution >= 0.6 is 24.0 Å². The zero-order valence-corrected chi connectivity index (χ0v) is 15.0. The predicted molar refractivity (Wildman–Crippen MR) is 99.5 cm³/mol. The molecule has 0 aliphatic rings. The summed E-state index contributed by atoms with van der Waals surface area (Å²) in [5.41, 5.74) is 1.17. The van der Waals surface area contributed by atoms with Crippen molar-refractivity contribution in [3.8, 4) is 18.1 Å². The lowest BCUT2D eigenvalue weighted by Crippen LogP contribution is -2.37. The molecule has 1 rings (SSSR count). The van der Waals surface area contributed by atoms with Crippen molar-refractivity contribution in [2.24, 2.45) is 4.99 Å². The molecule has 0 aromatic heterocycles. The molecule has 116 valence electrons. The average molecular weight is 401 g/mol. The quantitative estimate of drug-likeness (QED) is 0.319. The molecule has 1 aromatic rings. The molecule has 0 fully saturated rings. The summed E-state index contributed by atoms with van der Waals surface area (Å²) in [5.74, 6) is 4.22. The van der Waals surface area contributed by atoms with Gasteiger partial charge in [-0.15, -0.1) is 30.4 Å². The van der Waals surface area contributed by atoms with Gasteiger partial charge < -0.3 is 15.4 Å². The van der Waals surface area contributed by atoms with Crippen molar-refractivity contribution in [1.29, 1.82) is 0 Å². The molecular weight excluding hydrogens is 377 g/mol. The van der Waals surface area contributed by atoms with Crippen LogP contribution in [0.1, 0.15) is 19.4 Å². The molecule has 0 radical (unpaired) electrons. The van der Waals surface area contributed by atoms with Crippen LogP contribution in [0.4, 0.5) is 0 Å². The molecule has 0 bridgehead atoms. The second-order valence-corrected chi connectivity index (χ2v) is 4.11. The van der Waals surface area contributed by atoms with E-state index in [0.29, 0.717) is 19.7 Å². The van der Waals surface area contributed by atoms with Gasteiger partial charge in [0.15, 0.2) is 5.96 Å². The van der Waals surface area contributed by atoms with Crippen LogP contribution < -0.4 is 15.4 Å². The fourth-order valence-electron chi connectivity index (χ4n) is 1.77. The summed E-state index contributed by atoms with van der Waals surface area (Å²) in [5, 5.41) is 6.22. The van der Waals surface area contributed by atoms with Crippen LogP contribution in [-0.2, 0) is 6.42 Å². The molecule has 1 aromatic carbocycles. The summed E-state index contributed by atoms with van der Waals surface area (Å²) in [6.45, 7) is 6.66. The van der Waals surface area contributed by atoms with Crippen LogP contribution in [0.5, 0.6) is 5.75 Å². The van der Waals surface area contributed by atoms with Crippen molar-refractivity contribution in [2.45, 2.75) is 20.3 Å². The number of hydrogen-bond acceptors (Lipinski definition) is 2. The van der Waals surface area contributed by atoms with Crippen molar-refractivity contribution >= 4 is 29.9 Å². The third kappa shape index (κ3) is 7.81. The van der Waals surface area contributed by atoms with Crippen LogP contribution in [0, 0.1) is 12.3 Å². The highest BCUT2D eigenvalue weighted by Crippen LogP contribution is 2.18. The third-order valence-corrected chi connectivity index (χ3v) is 2.63. The summed E-state index contributed by atoms with van der Waals surface area (Å²) in [4.78, 5) is 4.49. The van der Waals surface area contributed by atoms with Crippen molar-refractivity contribution in [3.05, 3.63) is 29.8 Å². The van der Waals surface area contributed by atoms with E-state index in [1.807, 2.05) is 32.0 Å². The number of nitrogens with zero attached hydrogens (tertiary/aromatic N) is 1. The monoisotopic (exact) mass is 401 g/mol. The number of ether oxygens (including phenoxy) is 1. The first-order valence-corrected chi connectivity index (χ1v) is 6.98. The number of nitrogens with one attached hydrogen (secondary N) is 2. The van der Waals surface area contributed by atoms with E-state index in [1.165, 1.54) is 5.56 Å². The Morgan fingerprint density at radius 3 is 2.71 bits per heavy atom. The summed E-state index contributed by atoms with van der Waals surface area (Å²) in [7, 11) is 0. The smallest absolute Gasteiger partial charge is 0.192 e. The van der Waals surface area contributed by atoms with Crippen molar-refractivity contribution < 1.29 is 4.74 Å². The number of benzene rings is 1. The first kappa shape index (κ1) is 19.6. The van der Waals surface area contributed by atoms with Crippen molar-refractivity contribution in [2.75, 3.05) is 26.2 Å². The number of guanidine groups is 1. The van der Waals surface area contributed by atoms with Crippen molar-refractivity contribution in [1.82, 2.24) is 10.6 Å². The van der Waals surface area contributed by atoms with Crippen LogP contribution in [0.15, 0.2) is 29.3 Å². The molecule has 0 spiro atoms. The maximum atomic E-state index is 5.60. The van der Waals surface area contributed by atoms with Gasteiger partial charge in [-0.1, -0.05) is 24.1 Å². The van der Waals surface area contributed by atoms with Crippen LogP contribution in [0.3, 0.4) is 0 Å². The molecule has 0 saturated carbocycles. The summed E-state index contributed by atoms with van der Waals surface area (Å²) in [6, 6.07) is 8.06. The Labute approximate surface area is 144 Å².